The van der Waals surface area contributed by atoms with Gasteiger partial charge in [0.15, 0.2) is 0 Å². The maximum Gasteiger partial charge on any atom is 0.329 e. The van der Waals surface area contributed by atoms with Crippen molar-refractivity contribution in [1.82, 2.24) is 9.97 Å². The highest BCUT2D eigenvalue weighted by Crippen LogP contribution is 2.25. The number of amides is 1. The predicted molar refractivity (Wildman–Crippen MR) is 69.9 cm³/mol. The summed E-state index contributed by atoms with van der Waals surface area (Å²) in [7, 11) is 0. The largest absolute Gasteiger partial charge is 0.368 e. The lowest BCUT2D eigenvalue weighted by Gasteiger charge is -2.20. The molecule has 0 aliphatic heterocycles. The van der Waals surface area contributed by atoms with Gasteiger partial charge in [0, 0.05) is 13.1 Å². The van der Waals surface area contributed by atoms with Gasteiger partial charge in [0.1, 0.15) is 6.20 Å². The first-order valence-corrected chi connectivity index (χ1v) is 5.78. The summed E-state index contributed by atoms with van der Waals surface area (Å²) in [5.74, 6) is -0.233. The number of likely N-dealkylation sites (N-methyl/N-ethyl adjacent to an activating group) is 1. The molecule has 0 unspecified atom stereocenters. The zero-order valence-corrected chi connectivity index (χ0v) is 10.8. The molecule has 0 radical (unpaired) electrons. The van der Waals surface area contributed by atoms with E-state index in [-0.39, 0.29) is 24.0 Å². The van der Waals surface area contributed by atoms with E-state index >= 15 is 0 Å². The number of rotatable bonds is 7. The van der Waals surface area contributed by atoms with E-state index in [2.05, 4.69) is 15.3 Å². The molecule has 1 rings (SSSR count). The van der Waals surface area contributed by atoms with Gasteiger partial charge >= 0.3 is 5.69 Å². The Kier molecular flexibility index (Phi) is 4.98. The molecule has 1 aromatic heterocycles. The number of anilines is 2. The van der Waals surface area contributed by atoms with Gasteiger partial charge in [-0.2, -0.15) is 4.98 Å². The summed E-state index contributed by atoms with van der Waals surface area (Å²) >= 11 is 0. The number of carbonyl (C=O) groups is 1. The summed E-state index contributed by atoms with van der Waals surface area (Å²) in [5.41, 5.74) is 4.86. The third kappa shape index (κ3) is 3.76. The second-order valence-electron chi connectivity index (χ2n) is 3.67. The number of aromatic nitrogens is 2. The standard InChI is InChI=1S/C10H16N6O3/c1-3-12-10-13-5-7(16(18)19)9(14-10)15(4-2)6-8(11)17/h5H,3-4,6H2,1-2H3,(H2,11,17)(H,12,13,14). The minimum absolute atomic E-state index is 0.0808. The van der Waals surface area contributed by atoms with Crippen LogP contribution in [0.25, 0.3) is 0 Å². The predicted octanol–water partition coefficient (Wildman–Crippen LogP) is 0.128. The molecular weight excluding hydrogens is 252 g/mol. The van der Waals surface area contributed by atoms with Gasteiger partial charge in [0.05, 0.1) is 11.5 Å². The highest BCUT2D eigenvalue weighted by Gasteiger charge is 2.23. The summed E-state index contributed by atoms with van der Waals surface area (Å²) in [6.07, 6.45) is 1.12. The first-order chi connectivity index (χ1) is 8.99. The Morgan fingerprint density at radius 3 is 2.74 bits per heavy atom. The number of nitrogens with two attached hydrogens (primary N) is 1. The Morgan fingerprint density at radius 1 is 1.58 bits per heavy atom. The SMILES string of the molecule is CCNc1ncc([N+](=O)[O-])c(N(CC)CC(N)=O)n1. The van der Waals surface area contributed by atoms with E-state index in [0.717, 1.165) is 6.20 Å². The molecule has 3 N–H and O–H groups in total. The van der Waals surface area contributed by atoms with Crippen molar-refractivity contribution in [3.05, 3.63) is 16.3 Å². The molecule has 104 valence electrons. The van der Waals surface area contributed by atoms with Crippen molar-refractivity contribution in [1.29, 1.82) is 0 Å². The monoisotopic (exact) mass is 268 g/mol. The zero-order valence-electron chi connectivity index (χ0n) is 10.8. The average molecular weight is 268 g/mol. The lowest BCUT2D eigenvalue weighted by Crippen LogP contribution is -2.34. The van der Waals surface area contributed by atoms with Gasteiger partial charge in [0.25, 0.3) is 0 Å². The van der Waals surface area contributed by atoms with Crippen molar-refractivity contribution in [3.63, 3.8) is 0 Å². The van der Waals surface area contributed by atoms with Crippen LogP contribution in [-0.4, -0.2) is 40.4 Å². The lowest BCUT2D eigenvalue weighted by atomic mass is 10.4. The van der Waals surface area contributed by atoms with Crippen LogP contribution in [0.2, 0.25) is 0 Å². The normalized spacial score (nSPS) is 10.0. The van der Waals surface area contributed by atoms with E-state index in [1.54, 1.807) is 6.92 Å². The van der Waals surface area contributed by atoms with Crippen LogP contribution in [-0.2, 0) is 4.79 Å². The molecule has 0 bridgehead atoms. The number of nitro groups is 1. The fraction of sp³-hybridized carbons (Fsp3) is 0.500. The van der Waals surface area contributed by atoms with Crippen LogP contribution >= 0.6 is 0 Å². The van der Waals surface area contributed by atoms with Crippen molar-refractivity contribution in [2.75, 3.05) is 29.9 Å². The molecule has 0 atom stereocenters. The third-order valence-corrected chi connectivity index (χ3v) is 2.31. The number of nitrogens with one attached hydrogen (secondary N) is 1. The summed E-state index contributed by atoms with van der Waals surface area (Å²) in [4.78, 5) is 30.7. The minimum Gasteiger partial charge on any atom is -0.368 e. The van der Waals surface area contributed by atoms with Gasteiger partial charge in [-0.25, -0.2) is 4.98 Å². The van der Waals surface area contributed by atoms with E-state index < -0.39 is 10.8 Å². The molecule has 0 saturated carbocycles. The smallest absolute Gasteiger partial charge is 0.329 e. The van der Waals surface area contributed by atoms with Gasteiger partial charge in [-0.15, -0.1) is 0 Å². The quantitative estimate of drug-likeness (QED) is 0.531. The number of hydrogen-bond acceptors (Lipinski definition) is 7. The second kappa shape index (κ2) is 6.47. The first kappa shape index (κ1) is 14.6. The highest BCUT2D eigenvalue weighted by atomic mass is 16.6. The van der Waals surface area contributed by atoms with E-state index in [1.807, 2.05) is 6.92 Å². The summed E-state index contributed by atoms with van der Waals surface area (Å²) < 4.78 is 0. The molecule has 0 saturated heterocycles. The van der Waals surface area contributed by atoms with E-state index in [1.165, 1.54) is 4.90 Å². The Bertz CT molecular complexity index is 478. The van der Waals surface area contributed by atoms with Crippen molar-refractivity contribution in [2.24, 2.45) is 5.73 Å². The van der Waals surface area contributed by atoms with Crippen LogP contribution in [0.1, 0.15) is 13.8 Å². The topological polar surface area (TPSA) is 127 Å². The Balaban J connectivity index is 3.21. The Morgan fingerprint density at radius 2 is 2.26 bits per heavy atom. The summed E-state index contributed by atoms with van der Waals surface area (Å²) in [6.45, 7) is 4.42. The number of hydrogen-bond donors (Lipinski definition) is 2. The average Bonchev–Trinajstić information content (AvgIpc) is 2.35. The summed E-state index contributed by atoms with van der Waals surface area (Å²) in [5, 5.41) is 13.8. The van der Waals surface area contributed by atoms with Gasteiger partial charge < -0.3 is 16.0 Å². The Hall–Kier alpha value is -2.45. The Labute approximate surface area is 110 Å². The maximum atomic E-state index is 11.0. The van der Waals surface area contributed by atoms with Crippen molar-refractivity contribution in [2.45, 2.75) is 13.8 Å². The van der Waals surface area contributed by atoms with Crippen molar-refractivity contribution in [3.8, 4) is 0 Å². The van der Waals surface area contributed by atoms with Crippen LogP contribution in [0.15, 0.2) is 6.20 Å². The third-order valence-electron chi connectivity index (χ3n) is 2.31. The molecule has 0 aliphatic rings. The van der Waals surface area contributed by atoms with Crippen LogP contribution in [0.3, 0.4) is 0 Å². The number of nitrogens with zero attached hydrogens (tertiary/aromatic N) is 4. The fourth-order valence-electron chi connectivity index (χ4n) is 1.50. The molecule has 19 heavy (non-hydrogen) atoms. The molecule has 0 aliphatic carbocycles. The number of primary amides is 1. The first-order valence-electron chi connectivity index (χ1n) is 5.78. The van der Waals surface area contributed by atoms with Crippen LogP contribution < -0.4 is 16.0 Å². The van der Waals surface area contributed by atoms with Crippen molar-refractivity contribution < 1.29 is 9.72 Å². The molecular formula is C10H16N6O3. The number of carbonyl (C=O) groups excluding carboxylic acids is 1. The zero-order chi connectivity index (χ0) is 14.4. The minimum atomic E-state index is -0.589. The highest BCUT2D eigenvalue weighted by molar-refractivity contribution is 5.80. The summed E-state index contributed by atoms with van der Waals surface area (Å²) in [6, 6.07) is 0. The van der Waals surface area contributed by atoms with Crippen LogP contribution in [0.4, 0.5) is 17.5 Å². The molecule has 9 nitrogen and oxygen atoms in total. The lowest BCUT2D eigenvalue weighted by molar-refractivity contribution is -0.384. The molecule has 0 aromatic carbocycles. The van der Waals surface area contributed by atoms with Crippen molar-refractivity contribution >= 4 is 23.4 Å². The molecule has 0 spiro atoms. The van der Waals surface area contributed by atoms with Gasteiger partial charge in [-0.3, -0.25) is 14.9 Å². The second-order valence-corrected chi connectivity index (χ2v) is 3.67. The van der Waals surface area contributed by atoms with E-state index in [4.69, 9.17) is 5.73 Å². The molecule has 1 amide bonds. The van der Waals surface area contributed by atoms with Crippen LogP contribution in [0, 0.1) is 10.1 Å². The van der Waals surface area contributed by atoms with E-state index in [0.29, 0.717) is 13.1 Å². The van der Waals surface area contributed by atoms with Crippen LogP contribution in [0.5, 0.6) is 0 Å². The molecule has 1 heterocycles. The fourth-order valence-corrected chi connectivity index (χ4v) is 1.50. The van der Waals surface area contributed by atoms with Gasteiger partial charge in [-0.1, -0.05) is 0 Å². The van der Waals surface area contributed by atoms with E-state index in [9.17, 15) is 14.9 Å². The van der Waals surface area contributed by atoms with Gasteiger partial charge in [-0.05, 0) is 13.8 Å². The molecule has 9 heteroatoms. The maximum absolute atomic E-state index is 11.0. The molecule has 0 fully saturated rings. The molecule has 1 aromatic rings. The van der Waals surface area contributed by atoms with Gasteiger partial charge in [0.2, 0.25) is 17.7 Å².